The molecule has 3 aromatic rings. The summed E-state index contributed by atoms with van der Waals surface area (Å²) < 4.78 is 5.06. The number of carbonyl (C=O) groups excluding carboxylic acids is 1. The van der Waals surface area contributed by atoms with Crippen molar-refractivity contribution in [2.24, 2.45) is 5.10 Å². The van der Waals surface area contributed by atoms with Crippen molar-refractivity contribution >= 4 is 23.9 Å². The van der Waals surface area contributed by atoms with E-state index in [0.717, 1.165) is 0 Å². The molecule has 0 unspecified atom stereocenters. The largest absolute Gasteiger partial charge is 0.504 e. The molecule has 0 saturated carbocycles. The topological polar surface area (TPSA) is 70.9 Å². The molecule has 0 aliphatic heterocycles. The number of phenolic OH excluding ortho intramolecular Hbond substituents is 1. The summed E-state index contributed by atoms with van der Waals surface area (Å²) in [5, 5.41) is 13.8. The number of nitrogens with one attached hydrogen (secondary N) is 1. The van der Waals surface area contributed by atoms with Gasteiger partial charge in [-0.1, -0.05) is 48.5 Å². The van der Waals surface area contributed by atoms with Gasteiger partial charge in [0.05, 0.1) is 24.3 Å². The summed E-state index contributed by atoms with van der Waals surface area (Å²) in [6.45, 7) is 0. The normalized spacial score (nSPS) is 12.6. The standard InChI is InChI=1S/C23H20N2O3S/c1-28-21-12-15(10-11-20(21)26)13-24-25-22(27)14-29-23-18-8-4-2-6-16(18)17-7-3-5-9-19(17)23/h2-13,23,26H,14H2,1H3,(H,25,27)/b24-13-. The van der Waals surface area contributed by atoms with E-state index in [2.05, 4.69) is 34.8 Å². The molecule has 0 heterocycles. The minimum absolute atomic E-state index is 0.0576. The summed E-state index contributed by atoms with van der Waals surface area (Å²) in [6, 6.07) is 21.5. The summed E-state index contributed by atoms with van der Waals surface area (Å²) in [4.78, 5) is 12.3. The Morgan fingerprint density at radius 2 is 1.76 bits per heavy atom. The van der Waals surface area contributed by atoms with E-state index in [-0.39, 0.29) is 16.9 Å². The van der Waals surface area contributed by atoms with Gasteiger partial charge in [-0.3, -0.25) is 4.79 Å². The van der Waals surface area contributed by atoms with Gasteiger partial charge in [0.1, 0.15) is 0 Å². The number of rotatable bonds is 6. The van der Waals surface area contributed by atoms with Crippen LogP contribution in [-0.4, -0.2) is 30.1 Å². The molecule has 1 aliphatic carbocycles. The number of aromatic hydroxyl groups is 1. The Labute approximate surface area is 173 Å². The Morgan fingerprint density at radius 1 is 1.10 bits per heavy atom. The fraction of sp³-hybridized carbons (Fsp3) is 0.130. The molecule has 5 nitrogen and oxygen atoms in total. The number of methoxy groups -OCH3 is 1. The molecule has 3 aromatic carbocycles. The molecule has 0 saturated heterocycles. The van der Waals surface area contributed by atoms with Gasteiger partial charge in [0.25, 0.3) is 0 Å². The van der Waals surface area contributed by atoms with Crippen LogP contribution in [0.5, 0.6) is 11.5 Å². The van der Waals surface area contributed by atoms with Crippen LogP contribution in [0.3, 0.4) is 0 Å². The van der Waals surface area contributed by atoms with E-state index in [1.165, 1.54) is 41.6 Å². The molecular weight excluding hydrogens is 384 g/mol. The summed E-state index contributed by atoms with van der Waals surface area (Å²) in [5.74, 6) is 0.541. The molecule has 2 N–H and O–H groups in total. The minimum Gasteiger partial charge on any atom is -0.504 e. The molecule has 0 aromatic heterocycles. The summed E-state index contributed by atoms with van der Waals surface area (Å²) in [5.41, 5.74) is 8.23. The van der Waals surface area contributed by atoms with Crippen molar-refractivity contribution in [2.45, 2.75) is 5.25 Å². The van der Waals surface area contributed by atoms with E-state index < -0.39 is 0 Å². The maximum absolute atomic E-state index is 12.3. The highest BCUT2D eigenvalue weighted by atomic mass is 32.2. The van der Waals surface area contributed by atoms with Crippen molar-refractivity contribution in [3.63, 3.8) is 0 Å². The smallest absolute Gasteiger partial charge is 0.250 e. The van der Waals surface area contributed by atoms with E-state index in [4.69, 9.17) is 4.74 Å². The van der Waals surface area contributed by atoms with E-state index in [1.807, 2.05) is 24.3 Å². The minimum atomic E-state index is -0.168. The number of amides is 1. The molecular formula is C23H20N2O3S. The number of benzene rings is 3. The van der Waals surface area contributed by atoms with Gasteiger partial charge in [-0.2, -0.15) is 5.10 Å². The lowest BCUT2D eigenvalue weighted by Crippen LogP contribution is -2.20. The summed E-state index contributed by atoms with van der Waals surface area (Å²) >= 11 is 1.59. The number of nitrogens with zero attached hydrogens (tertiary/aromatic N) is 1. The fourth-order valence-corrected chi connectivity index (χ4v) is 4.59. The van der Waals surface area contributed by atoms with Crippen LogP contribution in [0.4, 0.5) is 0 Å². The average Bonchev–Trinajstić information content (AvgIpc) is 3.07. The van der Waals surface area contributed by atoms with Crippen LogP contribution in [0, 0.1) is 0 Å². The molecule has 4 rings (SSSR count). The van der Waals surface area contributed by atoms with Gasteiger partial charge < -0.3 is 9.84 Å². The molecule has 1 amide bonds. The van der Waals surface area contributed by atoms with E-state index in [0.29, 0.717) is 17.1 Å². The van der Waals surface area contributed by atoms with E-state index >= 15 is 0 Å². The predicted molar refractivity (Wildman–Crippen MR) is 117 cm³/mol. The SMILES string of the molecule is COc1cc(/C=N\NC(=O)CSC2c3ccccc3-c3ccccc32)ccc1O. The molecule has 0 radical (unpaired) electrons. The van der Waals surface area contributed by atoms with E-state index in [9.17, 15) is 9.90 Å². The lowest BCUT2D eigenvalue weighted by atomic mass is 10.1. The number of carbonyl (C=O) groups is 1. The molecule has 0 atom stereocenters. The third-order valence-corrected chi connectivity index (χ3v) is 6.03. The second-order valence-electron chi connectivity index (χ2n) is 6.59. The Morgan fingerprint density at radius 3 is 2.41 bits per heavy atom. The van der Waals surface area contributed by atoms with Crippen molar-refractivity contribution in [2.75, 3.05) is 12.9 Å². The first-order chi connectivity index (χ1) is 14.2. The first-order valence-corrected chi connectivity index (χ1v) is 10.2. The summed E-state index contributed by atoms with van der Waals surface area (Å²) in [6.07, 6.45) is 1.52. The van der Waals surface area contributed by atoms with Gasteiger partial charge in [0, 0.05) is 0 Å². The monoisotopic (exact) mass is 404 g/mol. The number of ether oxygens (including phenoxy) is 1. The van der Waals surface area contributed by atoms with Gasteiger partial charge in [0.15, 0.2) is 11.5 Å². The maximum atomic E-state index is 12.3. The van der Waals surface area contributed by atoms with Gasteiger partial charge in [0.2, 0.25) is 5.91 Å². The number of fused-ring (bicyclic) bond motifs is 3. The van der Waals surface area contributed by atoms with Crippen molar-refractivity contribution in [3.8, 4) is 22.6 Å². The highest BCUT2D eigenvalue weighted by Crippen LogP contribution is 2.49. The average molecular weight is 404 g/mol. The second kappa shape index (κ2) is 8.41. The number of hydrogen-bond acceptors (Lipinski definition) is 5. The van der Waals surface area contributed by atoms with Crippen molar-refractivity contribution in [1.29, 1.82) is 0 Å². The van der Waals surface area contributed by atoms with Crippen LogP contribution in [0.2, 0.25) is 0 Å². The molecule has 1 aliphatic rings. The van der Waals surface area contributed by atoms with Crippen molar-refractivity contribution in [3.05, 3.63) is 83.4 Å². The first-order valence-electron chi connectivity index (χ1n) is 9.16. The highest BCUT2D eigenvalue weighted by Gasteiger charge is 2.28. The predicted octanol–water partition coefficient (Wildman–Crippen LogP) is 4.35. The number of phenols is 1. The maximum Gasteiger partial charge on any atom is 0.250 e. The highest BCUT2D eigenvalue weighted by molar-refractivity contribution is 8.00. The zero-order valence-corrected chi connectivity index (χ0v) is 16.6. The Bertz CT molecular complexity index is 1040. The first kappa shape index (κ1) is 19.1. The van der Waals surface area contributed by atoms with Gasteiger partial charge in [-0.05, 0) is 46.0 Å². The van der Waals surface area contributed by atoms with Crippen LogP contribution < -0.4 is 10.2 Å². The third kappa shape index (κ3) is 3.98. The number of thioether (sulfide) groups is 1. The zero-order valence-electron chi connectivity index (χ0n) is 15.8. The van der Waals surface area contributed by atoms with Gasteiger partial charge in [-0.15, -0.1) is 11.8 Å². The lowest BCUT2D eigenvalue weighted by molar-refractivity contribution is -0.118. The van der Waals surface area contributed by atoms with Crippen molar-refractivity contribution < 1.29 is 14.6 Å². The lowest BCUT2D eigenvalue weighted by Gasteiger charge is -2.12. The quantitative estimate of drug-likeness (QED) is 0.473. The third-order valence-electron chi connectivity index (χ3n) is 4.76. The Kier molecular flexibility index (Phi) is 5.53. The van der Waals surface area contributed by atoms with Crippen LogP contribution in [0.1, 0.15) is 21.9 Å². The molecule has 146 valence electrons. The molecule has 29 heavy (non-hydrogen) atoms. The molecule has 6 heteroatoms. The van der Waals surface area contributed by atoms with Crippen LogP contribution in [0.25, 0.3) is 11.1 Å². The summed E-state index contributed by atoms with van der Waals surface area (Å²) in [7, 11) is 1.48. The second-order valence-corrected chi connectivity index (χ2v) is 7.68. The zero-order chi connectivity index (χ0) is 20.2. The Balaban J connectivity index is 1.39. The molecule has 0 fully saturated rings. The number of hydrazone groups is 1. The van der Waals surface area contributed by atoms with Crippen LogP contribution in [0.15, 0.2) is 71.8 Å². The van der Waals surface area contributed by atoms with Crippen LogP contribution >= 0.6 is 11.8 Å². The molecule has 0 spiro atoms. The fourth-order valence-electron chi connectivity index (χ4n) is 3.43. The van der Waals surface area contributed by atoms with Gasteiger partial charge >= 0.3 is 0 Å². The van der Waals surface area contributed by atoms with Crippen LogP contribution in [-0.2, 0) is 4.79 Å². The molecule has 0 bridgehead atoms. The van der Waals surface area contributed by atoms with Gasteiger partial charge in [-0.25, -0.2) is 5.43 Å². The Hall–Kier alpha value is -3.25. The van der Waals surface area contributed by atoms with Crippen molar-refractivity contribution in [1.82, 2.24) is 5.43 Å². The van der Waals surface area contributed by atoms with E-state index in [1.54, 1.807) is 23.9 Å². The number of hydrogen-bond donors (Lipinski definition) is 2.